The van der Waals surface area contributed by atoms with E-state index in [1.54, 1.807) is 19.1 Å². The quantitative estimate of drug-likeness (QED) is 0.891. The minimum Gasteiger partial charge on any atom is -0.324 e. The molecule has 0 radical (unpaired) electrons. The Morgan fingerprint density at radius 3 is 2.78 bits per heavy atom. The topological polar surface area (TPSA) is 64.0 Å². The van der Waals surface area contributed by atoms with E-state index in [0.717, 1.165) is 25.0 Å². The second-order valence-electron chi connectivity index (χ2n) is 5.46. The average molecular weight is 317 g/mol. The van der Waals surface area contributed by atoms with Crippen LogP contribution in [0, 0.1) is 12.7 Å². The van der Waals surface area contributed by atoms with Gasteiger partial charge in [0, 0.05) is 17.4 Å². The van der Waals surface area contributed by atoms with Crippen molar-refractivity contribution >= 4 is 11.6 Å². The maximum absolute atomic E-state index is 13.5. The molecule has 2 aromatic rings. The third-order valence-corrected chi connectivity index (χ3v) is 3.49. The number of nitrogens with one attached hydrogen (secondary N) is 1. The summed E-state index contributed by atoms with van der Waals surface area (Å²) in [5.41, 5.74) is 1.33. The highest BCUT2D eigenvalue weighted by molar-refractivity contribution is 5.90. The summed E-state index contributed by atoms with van der Waals surface area (Å²) in [4.78, 5) is 28.1. The molecular formula is C17H20FN3O2. The van der Waals surface area contributed by atoms with E-state index in [4.69, 9.17) is 0 Å². The molecule has 122 valence electrons. The van der Waals surface area contributed by atoms with Crippen molar-refractivity contribution in [3.63, 3.8) is 0 Å². The van der Waals surface area contributed by atoms with Gasteiger partial charge in [-0.3, -0.25) is 14.2 Å². The van der Waals surface area contributed by atoms with E-state index >= 15 is 0 Å². The lowest BCUT2D eigenvalue weighted by atomic mass is 10.2. The third-order valence-electron chi connectivity index (χ3n) is 3.49. The predicted octanol–water partition coefficient (Wildman–Crippen LogP) is 2.67. The van der Waals surface area contributed by atoms with Crippen molar-refractivity contribution in [2.75, 3.05) is 5.32 Å². The number of benzene rings is 1. The van der Waals surface area contributed by atoms with Gasteiger partial charge in [0.1, 0.15) is 12.4 Å². The van der Waals surface area contributed by atoms with Crippen molar-refractivity contribution in [2.24, 2.45) is 0 Å². The van der Waals surface area contributed by atoms with Crippen LogP contribution >= 0.6 is 0 Å². The first-order valence-electron chi connectivity index (χ1n) is 7.61. The number of carbonyl (C=O) groups is 1. The Bertz CT molecular complexity index is 756. The molecule has 1 N–H and O–H groups in total. The first-order valence-corrected chi connectivity index (χ1v) is 7.61. The molecule has 1 amide bonds. The largest absolute Gasteiger partial charge is 0.324 e. The standard InChI is InChI=1S/C17H20FN3O2/c1-3-4-5-13-9-17(23)21(11-19-13)10-16(22)20-14-7-6-12(2)15(18)8-14/h6-9,11H,3-5,10H2,1-2H3,(H,20,22). The minimum absolute atomic E-state index is 0.157. The summed E-state index contributed by atoms with van der Waals surface area (Å²) in [7, 11) is 0. The van der Waals surface area contributed by atoms with Gasteiger partial charge in [0.15, 0.2) is 0 Å². The van der Waals surface area contributed by atoms with Gasteiger partial charge in [-0.25, -0.2) is 9.37 Å². The molecule has 0 spiro atoms. The summed E-state index contributed by atoms with van der Waals surface area (Å²) in [6, 6.07) is 5.91. The number of aromatic nitrogens is 2. The van der Waals surface area contributed by atoms with Crippen LogP contribution in [0.25, 0.3) is 0 Å². The summed E-state index contributed by atoms with van der Waals surface area (Å²) in [5, 5.41) is 2.57. The zero-order valence-electron chi connectivity index (χ0n) is 13.3. The second kappa shape index (κ2) is 7.67. The molecule has 0 aliphatic heterocycles. The van der Waals surface area contributed by atoms with Gasteiger partial charge < -0.3 is 5.32 Å². The highest BCUT2D eigenvalue weighted by atomic mass is 19.1. The van der Waals surface area contributed by atoms with E-state index in [1.165, 1.54) is 23.0 Å². The Morgan fingerprint density at radius 2 is 2.13 bits per heavy atom. The summed E-state index contributed by atoms with van der Waals surface area (Å²) < 4.78 is 14.7. The molecule has 6 heteroatoms. The summed E-state index contributed by atoms with van der Waals surface area (Å²) in [6.45, 7) is 3.56. The molecule has 1 aromatic heterocycles. The van der Waals surface area contributed by atoms with Crippen LogP contribution in [0.15, 0.2) is 35.4 Å². The number of nitrogens with zero attached hydrogens (tertiary/aromatic N) is 2. The number of hydrogen-bond acceptors (Lipinski definition) is 3. The van der Waals surface area contributed by atoms with E-state index in [9.17, 15) is 14.0 Å². The van der Waals surface area contributed by atoms with Crippen LogP contribution in [0.2, 0.25) is 0 Å². The lowest BCUT2D eigenvalue weighted by Gasteiger charge is -2.08. The zero-order valence-corrected chi connectivity index (χ0v) is 13.3. The second-order valence-corrected chi connectivity index (χ2v) is 5.46. The smallest absolute Gasteiger partial charge is 0.253 e. The number of amides is 1. The molecule has 0 atom stereocenters. The van der Waals surface area contributed by atoms with Gasteiger partial charge in [-0.2, -0.15) is 0 Å². The minimum atomic E-state index is -0.404. The van der Waals surface area contributed by atoms with E-state index < -0.39 is 5.91 Å². The van der Waals surface area contributed by atoms with Gasteiger partial charge in [0.25, 0.3) is 5.56 Å². The summed E-state index contributed by atoms with van der Waals surface area (Å²) >= 11 is 0. The number of unbranched alkanes of at least 4 members (excludes halogenated alkanes) is 1. The molecule has 1 heterocycles. The number of aryl methyl sites for hydroxylation is 2. The molecule has 0 aliphatic carbocycles. The van der Waals surface area contributed by atoms with Crippen molar-refractivity contribution in [1.82, 2.24) is 9.55 Å². The molecule has 0 saturated carbocycles. The third kappa shape index (κ3) is 4.74. The molecule has 1 aromatic carbocycles. The normalized spacial score (nSPS) is 10.6. The molecule has 0 fully saturated rings. The molecule has 0 aliphatic rings. The van der Waals surface area contributed by atoms with Gasteiger partial charge in [-0.1, -0.05) is 19.4 Å². The molecule has 23 heavy (non-hydrogen) atoms. The van der Waals surface area contributed by atoms with Gasteiger partial charge in [-0.05, 0) is 37.5 Å². The summed E-state index contributed by atoms with van der Waals surface area (Å²) in [6.07, 6.45) is 4.13. The first-order chi connectivity index (χ1) is 11.0. The highest BCUT2D eigenvalue weighted by Crippen LogP contribution is 2.13. The van der Waals surface area contributed by atoms with Crippen LogP contribution in [0.4, 0.5) is 10.1 Å². The Morgan fingerprint density at radius 1 is 1.35 bits per heavy atom. The van der Waals surface area contributed by atoms with E-state index in [1.807, 2.05) is 0 Å². The van der Waals surface area contributed by atoms with Crippen molar-refractivity contribution in [3.05, 3.63) is 58.0 Å². The summed E-state index contributed by atoms with van der Waals surface area (Å²) in [5.74, 6) is -0.791. The maximum atomic E-state index is 13.5. The van der Waals surface area contributed by atoms with Crippen LogP contribution in [0.1, 0.15) is 31.0 Å². The van der Waals surface area contributed by atoms with Crippen molar-refractivity contribution in [1.29, 1.82) is 0 Å². The Kier molecular flexibility index (Phi) is 5.62. The van der Waals surface area contributed by atoms with Crippen molar-refractivity contribution in [2.45, 2.75) is 39.7 Å². The molecule has 0 bridgehead atoms. The van der Waals surface area contributed by atoms with E-state index in [-0.39, 0.29) is 17.9 Å². The Labute approximate surface area is 134 Å². The van der Waals surface area contributed by atoms with Crippen molar-refractivity contribution in [3.8, 4) is 0 Å². The monoisotopic (exact) mass is 317 g/mol. The molecule has 0 saturated heterocycles. The predicted molar refractivity (Wildman–Crippen MR) is 86.9 cm³/mol. The highest BCUT2D eigenvalue weighted by Gasteiger charge is 2.08. The van der Waals surface area contributed by atoms with Gasteiger partial charge in [-0.15, -0.1) is 0 Å². The first kappa shape index (κ1) is 16.9. The van der Waals surface area contributed by atoms with Gasteiger partial charge >= 0.3 is 0 Å². The molecule has 2 rings (SSSR count). The fraction of sp³-hybridized carbons (Fsp3) is 0.353. The Balaban J connectivity index is 2.02. The fourth-order valence-corrected chi connectivity index (χ4v) is 2.10. The number of hydrogen-bond donors (Lipinski definition) is 1. The fourth-order valence-electron chi connectivity index (χ4n) is 2.10. The lowest BCUT2D eigenvalue weighted by molar-refractivity contribution is -0.116. The number of rotatable bonds is 6. The zero-order chi connectivity index (χ0) is 16.8. The van der Waals surface area contributed by atoms with Crippen LogP contribution in [0.3, 0.4) is 0 Å². The SMILES string of the molecule is CCCCc1cc(=O)n(CC(=O)Nc2ccc(C)c(F)c2)cn1. The van der Waals surface area contributed by atoms with E-state index in [2.05, 4.69) is 17.2 Å². The number of anilines is 1. The number of carbonyl (C=O) groups excluding carboxylic acids is 1. The molecular weight excluding hydrogens is 297 g/mol. The van der Waals surface area contributed by atoms with Crippen LogP contribution < -0.4 is 10.9 Å². The lowest BCUT2D eigenvalue weighted by Crippen LogP contribution is -2.28. The Hall–Kier alpha value is -2.50. The molecule has 5 nitrogen and oxygen atoms in total. The van der Waals surface area contributed by atoms with Gasteiger partial charge in [0.05, 0.1) is 6.33 Å². The van der Waals surface area contributed by atoms with Crippen LogP contribution in [0.5, 0.6) is 0 Å². The maximum Gasteiger partial charge on any atom is 0.253 e. The number of halogens is 1. The van der Waals surface area contributed by atoms with Crippen LogP contribution in [-0.2, 0) is 17.8 Å². The molecule has 0 unspecified atom stereocenters. The van der Waals surface area contributed by atoms with Crippen molar-refractivity contribution < 1.29 is 9.18 Å². The van der Waals surface area contributed by atoms with E-state index in [0.29, 0.717) is 11.3 Å². The van der Waals surface area contributed by atoms with Gasteiger partial charge in [0.2, 0.25) is 5.91 Å². The average Bonchev–Trinajstić information content (AvgIpc) is 2.51. The van der Waals surface area contributed by atoms with Crippen LogP contribution in [-0.4, -0.2) is 15.5 Å².